The van der Waals surface area contributed by atoms with Crippen LogP contribution in [0.3, 0.4) is 0 Å². The van der Waals surface area contributed by atoms with Gasteiger partial charge < -0.3 is 14.6 Å². The summed E-state index contributed by atoms with van der Waals surface area (Å²) in [6, 6.07) is 6.33. The van der Waals surface area contributed by atoms with Gasteiger partial charge in [0.2, 0.25) is 5.12 Å². The maximum absolute atomic E-state index is 13.5. The number of fused-ring (bicyclic) bond motifs is 6. The predicted octanol–water partition coefficient (Wildman–Crippen LogP) is 4.55. The van der Waals surface area contributed by atoms with Crippen LogP contribution in [0.25, 0.3) is 11.8 Å². The Bertz CT molecular complexity index is 1360. The zero-order valence-corrected chi connectivity index (χ0v) is 23.4. The molecule has 7 nitrogen and oxygen atoms in total. The molecule has 0 saturated heterocycles. The van der Waals surface area contributed by atoms with Crippen LogP contribution in [0.4, 0.5) is 4.39 Å². The van der Waals surface area contributed by atoms with E-state index in [1.54, 1.807) is 12.1 Å². The van der Waals surface area contributed by atoms with Crippen LogP contribution in [0.1, 0.15) is 57.2 Å². The average Bonchev–Trinajstić information content (AvgIpc) is 3.41. The molecule has 0 amide bonds. The fourth-order valence-corrected chi connectivity index (χ4v) is 9.28. The number of methoxy groups -OCH3 is 1. The van der Waals surface area contributed by atoms with E-state index in [0.29, 0.717) is 12.8 Å². The summed E-state index contributed by atoms with van der Waals surface area (Å²) < 4.78 is 26.2. The topological polar surface area (TPSA) is 90.7 Å². The Morgan fingerprint density at radius 1 is 1.23 bits per heavy atom. The number of allylic oxidation sites excluding steroid dienone is 1. The fraction of sp³-hybridized carbons (Fsp3) is 0.567. The molecule has 2 aromatic rings. The van der Waals surface area contributed by atoms with E-state index in [2.05, 4.69) is 30.7 Å². The van der Waals surface area contributed by atoms with Crippen LogP contribution in [0.15, 0.2) is 36.0 Å². The van der Waals surface area contributed by atoms with Gasteiger partial charge in [-0.15, -0.1) is 12.6 Å². The number of carbonyl (C=O) groups is 2. The summed E-state index contributed by atoms with van der Waals surface area (Å²) in [5, 5.41) is 16.0. The summed E-state index contributed by atoms with van der Waals surface area (Å²) in [4.78, 5) is 25.6. The van der Waals surface area contributed by atoms with Gasteiger partial charge in [-0.25, -0.2) is 13.9 Å². The number of carbonyl (C=O) groups excluding carboxylic acids is 2. The minimum absolute atomic E-state index is 0.00149. The van der Waals surface area contributed by atoms with Gasteiger partial charge in [0.25, 0.3) is 0 Å². The molecule has 6 rings (SSSR count). The number of aliphatic hydroxyl groups is 1. The number of esters is 1. The van der Waals surface area contributed by atoms with Crippen molar-refractivity contribution in [2.45, 2.75) is 64.1 Å². The van der Waals surface area contributed by atoms with E-state index in [9.17, 15) is 19.1 Å². The molecule has 208 valence electrons. The lowest BCUT2D eigenvalue weighted by Gasteiger charge is -2.60. The second-order valence-corrected chi connectivity index (χ2v) is 12.7. The lowest BCUT2D eigenvalue weighted by atomic mass is 9.45. The number of hydrogen-bond acceptors (Lipinski definition) is 6. The lowest BCUT2D eigenvalue weighted by Crippen LogP contribution is -2.62. The van der Waals surface area contributed by atoms with E-state index in [1.807, 2.05) is 17.8 Å². The zero-order valence-electron chi connectivity index (χ0n) is 22.5. The van der Waals surface area contributed by atoms with Crippen molar-refractivity contribution in [1.29, 1.82) is 0 Å². The van der Waals surface area contributed by atoms with E-state index in [0.717, 1.165) is 42.6 Å². The zero-order chi connectivity index (χ0) is 27.7. The van der Waals surface area contributed by atoms with Crippen molar-refractivity contribution in [1.82, 2.24) is 9.78 Å². The number of aliphatic hydroxyl groups excluding tert-OH is 1. The van der Waals surface area contributed by atoms with Crippen LogP contribution in [-0.2, 0) is 25.5 Å². The van der Waals surface area contributed by atoms with Crippen LogP contribution >= 0.6 is 12.6 Å². The highest BCUT2D eigenvalue weighted by atomic mass is 32.1. The van der Waals surface area contributed by atoms with Gasteiger partial charge in [0.15, 0.2) is 5.60 Å². The molecule has 1 aromatic heterocycles. The number of rotatable bonds is 5. The number of ether oxygens (including phenoxy) is 2. The molecule has 4 aliphatic rings. The van der Waals surface area contributed by atoms with Crippen molar-refractivity contribution in [2.24, 2.45) is 28.6 Å². The number of halogens is 1. The largest absolute Gasteiger partial charge is 0.448 e. The summed E-state index contributed by atoms with van der Waals surface area (Å²) >= 11 is 4.22. The SMILES string of the molecule is COCC(=O)O[C@]1(C(=O)S)CC[C@H]2[C@@H]3CCC4=Cc5c(cnn5-c5ccc(F)cc5)C[C@]4(C)[C@H]3[C@@H](O)C[C@@]21C. The first-order valence-corrected chi connectivity index (χ1v) is 14.1. The summed E-state index contributed by atoms with van der Waals surface area (Å²) in [5.41, 5.74) is 1.84. The number of nitrogens with zero attached hydrogens (tertiary/aromatic N) is 2. The molecule has 0 spiro atoms. The Kier molecular flexibility index (Phi) is 6.36. The van der Waals surface area contributed by atoms with Crippen LogP contribution in [0, 0.1) is 34.4 Å². The molecule has 3 fully saturated rings. The van der Waals surface area contributed by atoms with Gasteiger partial charge in [-0.2, -0.15) is 5.10 Å². The van der Waals surface area contributed by atoms with E-state index in [-0.39, 0.29) is 35.6 Å². The monoisotopic (exact) mass is 554 g/mol. The van der Waals surface area contributed by atoms with Gasteiger partial charge in [0.05, 0.1) is 23.7 Å². The summed E-state index contributed by atoms with van der Waals surface area (Å²) in [5.74, 6) is -0.591. The van der Waals surface area contributed by atoms with Crippen LogP contribution in [0.5, 0.6) is 0 Å². The first kappa shape index (κ1) is 26.7. The Morgan fingerprint density at radius 2 is 1.97 bits per heavy atom. The van der Waals surface area contributed by atoms with E-state index >= 15 is 0 Å². The molecule has 0 radical (unpaired) electrons. The maximum Gasteiger partial charge on any atom is 0.333 e. The molecule has 0 bridgehead atoms. The minimum atomic E-state index is -1.38. The Morgan fingerprint density at radius 3 is 2.67 bits per heavy atom. The molecule has 1 aromatic carbocycles. The maximum atomic E-state index is 13.5. The lowest BCUT2D eigenvalue weighted by molar-refractivity contribution is -0.198. The minimum Gasteiger partial charge on any atom is -0.448 e. The second kappa shape index (κ2) is 9.28. The molecule has 0 aliphatic heterocycles. The van der Waals surface area contributed by atoms with Crippen LogP contribution < -0.4 is 0 Å². The molecule has 1 N–H and O–H groups in total. The average molecular weight is 555 g/mol. The van der Waals surface area contributed by atoms with Gasteiger partial charge in [0.1, 0.15) is 12.4 Å². The first-order valence-electron chi connectivity index (χ1n) is 13.7. The van der Waals surface area contributed by atoms with Crippen LogP contribution in [-0.4, -0.2) is 51.4 Å². The smallest absolute Gasteiger partial charge is 0.333 e. The van der Waals surface area contributed by atoms with Gasteiger partial charge >= 0.3 is 5.97 Å². The van der Waals surface area contributed by atoms with E-state index in [1.165, 1.54) is 24.8 Å². The molecule has 0 unspecified atom stereocenters. The number of thiol groups is 1. The quantitative estimate of drug-likeness (QED) is 0.416. The van der Waals surface area contributed by atoms with E-state index in [4.69, 9.17) is 9.47 Å². The van der Waals surface area contributed by atoms with Gasteiger partial charge in [-0.1, -0.05) is 19.4 Å². The molecule has 9 heteroatoms. The van der Waals surface area contributed by atoms with Crippen molar-refractivity contribution in [2.75, 3.05) is 13.7 Å². The van der Waals surface area contributed by atoms with Crippen LogP contribution in [0.2, 0.25) is 0 Å². The van der Waals surface area contributed by atoms with Crippen molar-refractivity contribution in [3.8, 4) is 5.69 Å². The Hall–Kier alpha value is -2.49. The molecule has 1 heterocycles. The normalized spacial score (nSPS) is 36.7. The van der Waals surface area contributed by atoms with E-state index < -0.39 is 28.2 Å². The highest BCUT2D eigenvalue weighted by Crippen LogP contribution is 2.68. The van der Waals surface area contributed by atoms with Crippen molar-refractivity contribution in [3.05, 3.63) is 53.1 Å². The number of benzene rings is 1. The van der Waals surface area contributed by atoms with Gasteiger partial charge in [-0.3, -0.25) is 4.79 Å². The molecule has 39 heavy (non-hydrogen) atoms. The number of aromatic nitrogens is 2. The standard InChI is InChI=1S/C30H35FN2O5S/c1-28-13-17-15-32-33(20-7-5-19(31)6-8-20)23(17)12-18(28)4-9-21-22-10-11-30(27(36)39,38-25(35)16-37-3)29(22,2)14-24(34)26(21)28/h5-8,12,15,21-22,24,26,34H,4,9-11,13-14,16H2,1-3H3,(H,36,39)/t21-,22-,24-,26+,28-,29-,30-/m0/s1. The Labute approximate surface area is 233 Å². The molecular weight excluding hydrogens is 519 g/mol. The third-order valence-electron chi connectivity index (χ3n) is 10.5. The highest BCUT2D eigenvalue weighted by Gasteiger charge is 2.70. The molecule has 3 saturated carbocycles. The van der Waals surface area contributed by atoms with Gasteiger partial charge in [-0.05, 0) is 97.6 Å². The van der Waals surface area contributed by atoms with Crippen molar-refractivity contribution < 1.29 is 28.6 Å². The third kappa shape index (κ3) is 3.79. The summed E-state index contributed by atoms with van der Waals surface area (Å²) in [7, 11) is 1.41. The van der Waals surface area contributed by atoms with Crippen molar-refractivity contribution >= 4 is 29.8 Å². The highest BCUT2D eigenvalue weighted by molar-refractivity contribution is 7.96. The second-order valence-electron chi connectivity index (χ2n) is 12.3. The molecule has 7 atom stereocenters. The molecular formula is C30H35FN2O5S. The summed E-state index contributed by atoms with van der Waals surface area (Å²) in [6.07, 6.45) is 7.42. The summed E-state index contributed by atoms with van der Waals surface area (Å²) in [6.45, 7) is 4.01. The molecule has 4 aliphatic carbocycles. The fourth-order valence-electron chi connectivity index (χ4n) is 8.86. The predicted molar refractivity (Wildman–Crippen MR) is 146 cm³/mol. The first-order chi connectivity index (χ1) is 18.5. The van der Waals surface area contributed by atoms with Crippen molar-refractivity contribution in [3.63, 3.8) is 0 Å². The Balaban J connectivity index is 1.34. The third-order valence-corrected chi connectivity index (χ3v) is 10.9. The van der Waals surface area contributed by atoms with Gasteiger partial charge in [0, 0.05) is 12.5 Å². The number of hydrogen-bond donors (Lipinski definition) is 2.